The van der Waals surface area contributed by atoms with Crippen LogP contribution in [0.4, 0.5) is 0 Å². The minimum Gasteiger partial charge on any atom is -0.444 e. The zero-order valence-electron chi connectivity index (χ0n) is 16.3. The fourth-order valence-electron chi connectivity index (χ4n) is 2.99. The third-order valence-corrected chi connectivity index (χ3v) is 4.55. The van der Waals surface area contributed by atoms with Gasteiger partial charge in [-0.15, -0.1) is 0 Å². The summed E-state index contributed by atoms with van der Waals surface area (Å²) in [7, 11) is 0. The van der Waals surface area contributed by atoms with Gasteiger partial charge in [-0.25, -0.2) is 9.98 Å². The van der Waals surface area contributed by atoms with E-state index in [-0.39, 0.29) is 0 Å². The van der Waals surface area contributed by atoms with Crippen molar-refractivity contribution >= 4 is 5.96 Å². The summed E-state index contributed by atoms with van der Waals surface area (Å²) in [5.41, 5.74) is 0.926. The molecule has 0 saturated carbocycles. The molecule has 7 nitrogen and oxygen atoms in total. The molecule has 1 aliphatic heterocycles. The summed E-state index contributed by atoms with van der Waals surface area (Å²) in [6.45, 7) is 16.2. The molecule has 0 aliphatic carbocycles. The van der Waals surface area contributed by atoms with Crippen LogP contribution in [-0.4, -0.2) is 61.3 Å². The van der Waals surface area contributed by atoms with Crippen molar-refractivity contribution in [1.82, 2.24) is 20.5 Å². The van der Waals surface area contributed by atoms with Gasteiger partial charge in [-0.2, -0.15) is 0 Å². The van der Waals surface area contributed by atoms with Gasteiger partial charge in [-0.05, 0) is 26.7 Å². The predicted octanol–water partition coefficient (Wildman–Crippen LogP) is 1.70. The monoisotopic (exact) mass is 351 g/mol. The van der Waals surface area contributed by atoms with Gasteiger partial charge in [0, 0.05) is 32.2 Å². The van der Waals surface area contributed by atoms with Crippen LogP contribution < -0.4 is 10.6 Å². The maximum Gasteiger partial charge on any atom is 0.216 e. The van der Waals surface area contributed by atoms with Crippen LogP contribution in [0, 0.1) is 19.8 Å². The molecule has 1 atom stereocenters. The van der Waals surface area contributed by atoms with Crippen LogP contribution in [0.3, 0.4) is 0 Å². The summed E-state index contributed by atoms with van der Waals surface area (Å²) in [4.78, 5) is 11.5. The standard InChI is InChI=1S/C18H33N5O2/c1-6-19-18(21-12-17-22-14(4)15(5)25-17)20-11-16(13(2)3)23-7-9-24-10-8-23/h13,16H,6-12H2,1-5H3,(H2,19,20,21). The lowest BCUT2D eigenvalue weighted by molar-refractivity contribution is 0.00752. The van der Waals surface area contributed by atoms with Crippen molar-refractivity contribution in [3.63, 3.8) is 0 Å². The van der Waals surface area contributed by atoms with Gasteiger partial charge in [-0.1, -0.05) is 13.8 Å². The molecule has 0 spiro atoms. The lowest BCUT2D eigenvalue weighted by Crippen LogP contribution is -2.52. The third kappa shape index (κ3) is 6.01. The molecule has 1 saturated heterocycles. The average Bonchev–Trinajstić information content (AvgIpc) is 2.91. The van der Waals surface area contributed by atoms with Crippen LogP contribution in [0.15, 0.2) is 9.41 Å². The molecule has 25 heavy (non-hydrogen) atoms. The van der Waals surface area contributed by atoms with Crippen molar-refractivity contribution < 1.29 is 9.15 Å². The molecule has 0 aromatic carbocycles. The number of aliphatic imine (C=N–C) groups is 1. The third-order valence-electron chi connectivity index (χ3n) is 4.55. The van der Waals surface area contributed by atoms with Crippen LogP contribution in [0.1, 0.15) is 38.1 Å². The van der Waals surface area contributed by atoms with Gasteiger partial charge in [0.05, 0.1) is 18.9 Å². The maximum atomic E-state index is 5.61. The fraction of sp³-hybridized carbons (Fsp3) is 0.778. The number of aryl methyl sites for hydroxylation is 2. The molecule has 2 rings (SSSR count). The van der Waals surface area contributed by atoms with Crippen LogP contribution in [0.25, 0.3) is 0 Å². The molecule has 0 radical (unpaired) electrons. The molecular formula is C18H33N5O2. The fourth-order valence-corrected chi connectivity index (χ4v) is 2.99. The van der Waals surface area contributed by atoms with Crippen molar-refractivity contribution in [2.75, 3.05) is 39.4 Å². The Morgan fingerprint density at radius 2 is 1.96 bits per heavy atom. The van der Waals surface area contributed by atoms with Gasteiger partial charge >= 0.3 is 0 Å². The molecule has 142 valence electrons. The van der Waals surface area contributed by atoms with E-state index in [0.717, 1.165) is 56.8 Å². The SMILES string of the molecule is CCNC(=NCc1nc(C)c(C)o1)NCC(C(C)C)N1CCOCC1. The highest BCUT2D eigenvalue weighted by atomic mass is 16.5. The lowest BCUT2D eigenvalue weighted by Gasteiger charge is -2.37. The average molecular weight is 351 g/mol. The first kappa shape index (κ1) is 19.7. The number of guanidine groups is 1. The number of aromatic nitrogens is 1. The van der Waals surface area contributed by atoms with Crippen LogP contribution in [0.2, 0.25) is 0 Å². The highest BCUT2D eigenvalue weighted by molar-refractivity contribution is 5.79. The zero-order chi connectivity index (χ0) is 18.2. The molecular weight excluding hydrogens is 318 g/mol. The Bertz CT molecular complexity index is 530. The first-order chi connectivity index (χ1) is 12.0. The summed E-state index contributed by atoms with van der Waals surface area (Å²) < 4.78 is 11.1. The number of nitrogens with one attached hydrogen (secondary N) is 2. The predicted molar refractivity (Wildman–Crippen MR) is 99.8 cm³/mol. The molecule has 2 heterocycles. The second-order valence-corrected chi connectivity index (χ2v) is 6.78. The van der Waals surface area contributed by atoms with Crippen LogP contribution in [-0.2, 0) is 11.3 Å². The van der Waals surface area contributed by atoms with Gasteiger partial charge in [0.2, 0.25) is 5.89 Å². The van der Waals surface area contributed by atoms with Gasteiger partial charge in [0.15, 0.2) is 5.96 Å². The lowest BCUT2D eigenvalue weighted by atomic mass is 10.0. The Kier molecular flexibility index (Phi) is 7.71. The van der Waals surface area contributed by atoms with E-state index in [4.69, 9.17) is 9.15 Å². The van der Waals surface area contributed by atoms with Crippen LogP contribution >= 0.6 is 0 Å². The molecule has 0 bridgehead atoms. The number of ether oxygens (including phenoxy) is 1. The topological polar surface area (TPSA) is 74.9 Å². The van der Waals surface area contributed by atoms with Crippen molar-refractivity contribution in [3.8, 4) is 0 Å². The maximum absolute atomic E-state index is 5.61. The zero-order valence-corrected chi connectivity index (χ0v) is 16.3. The second kappa shape index (κ2) is 9.77. The Labute approximate surface area is 151 Å². The van der Waals surface area contributed by atoms with E-state index in [1.165, 1.54) is 0 Å². The van der Waals surface area contributed by atoms with E-state index in [1.54, 1.807) is 0 Å². The molecule has 7 heteroatoms. The summed E-state index contributed by atoms with van der Waals surface area (Å²) >= 11 is 0. The number of morpholine rings is 1. The minimum absolute atomic E-state index is 0.438. The van der Waals surface area contributed by atoms with E-state index >= 15 is 0 Å². The first-order valence-corrected chi connectivity index (χ1v) is 9.28. The van der Waals surface area contributed by atoms with Gasteiger partial charge in [-0.3, -0.25) is 4.90 Å². The number of rotatable bonds is 7. The molecule has 0 amide bonds. The summed E-state index contributed by atoms with van der Waals surface area (Å²) in [6, 6.07) is 0.457. The number of hydrogen-bond donors (Lipinski definition) is 2. The van der Waals surface area contributed by atoms with Gasteiger partial charge < -0.3 is 19.8 Å². The first-order valence-electron chi connectivity index (χ1n) is 9.28. The molecule has 1 aliphatic rings. The Balaban J connectivity index is 1.95. The van der Waals surface area contributed by atoms with Crippen molar-refractivity contribution in [1.29, 1.82) is 0 Å². The molecule has 1 fully saturated rings. The van der Waals surface area contributed by atoms with E-state index < -0.39 is 0 Å². The smallest absolute Gasteiger partial charge is 0.216 e. The minimum atomic E-state index is 0.438. The van der Waals surface area contributed by atoms with Crippen molar-refractivity contribution in [3.05, 3.63) is 17.3 Å². The van der Waals surface area contributed by atoms with E-state index in [1.807, 2.05) is 13.8 Å². The van der Waals surface area contributed by atoms with E-state index in [9.17, 15) is 0 Å². The highest BCUT2D eigenvalue weighted by Gasteiger charge is 2.23. The Morgan fingerprint density at radius 3 is 2.52 bits per heavy atom. The molecule has 1 aromatic heterocycles. The summed E-state index contributed by atoms with van der Waals surface area (Å²) in [6.07, 6.45) is 0. The number of nitrogens with zero attached hydrogens (tertiary/aromatic N) is 3. The molecule has 2 N–H and O–H groups in total. The Hall–Kier alpha value is -1.60. The van der Waals surface area contributed by atoms with E-state index in [2.05, 4.69) is 46.3 Å². The molecule has 1 unspecified atom stereocenters. The van der Waals surface area contributed by atoms with Crippen molar-refractivity contribution in [2.45, 2.75) is 47.2 Å². The second-order valence-electron chi connectivity index (χ2n) is 6.78. The quantitative estimate of drug-likeness (QED) is 0.575. The summed E-state index contributed by atoms with van der Waals surface area (Å²) in [5.74, 6) is 2.87. The number of oxazole rings is 1. The van der Waals surface area contributed by atoms with Gasteiger partial charge in [0.1, 0.15) is 12.3 Å². The molecule has 1 aromatic rings. The van der Waals surface area contributed by atoms with Crippen molar-refractivity contribution in [2.24, 2.45) is 10.9 Å². The largest absolute Gasteiger partial charge is 0.444 e. The van der Waals surface area contributed by atoms with Gasteiger partial charge in [0.25, 0.3) is 0 Å². The number of hydrogen-bond acceptors (Lipinski definition) is 5. The van der Waals surface area contributed by atoms with Crippen LogP contribution in [0.5, 0.6) is 0 Å². The highest BCUT2D eigenvalue weighted by Crippen LogP contribution is 2.12. The normalized spacial score (nSPS) is 17.8. The Morgan fingerprint density at radius 1 is 1.24 bits per heavy atom. The summed E-state index contributed by atoms with van der Waals surface area (Å²) in [5, 5.41) is 6.78. The van der Waals surface area contributed by atoms with E-state index in [0.29, 0.717) is 24.4 Å².